The molecular weight excluding hydrogens is 294 g/mol. The van der Waals surface area contributed by atoms with Crippen LogP contribution in [0.3, 0.4) is 0 Å². The molecule has 0 atom stereocenters. The summed E-state index contributed by atoms with van der Waals surface area (Å²) in [5.74, 6) is 0.610. The van der Waals surface area contributed by atoms with Gasteiger partial charge in [0.05, 0.1) is 24.5 Å². The second-order valence-corrected chi connectivity index (χ2v) is 5.84. The fraction of sp³-hybridized carbons (Fsp3) is 0.438. The molecule has 0 unspecified atom stereocenters. The van der Waals surface area contributed by atoms with Crippen LogP contribution in [-0.4, -0.2) is 47.1 Å². The van der Waals surface area contributed by atoms with Crippen molar-refractivity contribution < 1.29 is 9.53 Å². The molecule has 2 aliphatic heterocycles. The van der Waals surface area contributed by atoms with E-state index in [9.17, 15) is 4.79 Å². The number of nitrogens with one attached hydrogen (secondary N) is 1. The number of hydrogen-bond donors (Lipinski definition) is 1. The quantitative estimate of drug-likeness (QED) is 0.903. The van der Waals surface area contributed by atoms with Crippen LogP contribution in [0.5, 0.6) is 5.75 Å². The van der Waals surface area contributed by atoms with Crippen LogP contribution in [0.15, 0.2) is 30.5 Å². The molecule has 0 radical (unpaired) electrons. The third kappa shape index (κ3) is 2.68. The first-order valence-electron chi connectivity index (χ1n) is 7.99. The topological polar surface area (TPSA) is 72.3 Å². The molecule has 0 saturated carbocycles. The van der Waals surface area contributed by atoms with Gasteiger partial charge in [-0.1, -0.05) is 17.3 Å². The Labute approximate surface area is 134 Å². The molecule has 4 rings (SSSR count). The minimum atomic E-state index is -0.124. The number of carbonyl (C=O) groups excluding carboxylic acids is 1. The first-order chi connectivity index (χ1) is 11.3. The number of nitrogens with zero attached hydrogens (tertiary/aromatic N) is 4. The number of anilines is 1. The molecular formula is C16H19N5O2. The Morgan fingerprint density at radius 1 is 1.26 bits per heavy atom. The maximum atomic E-state index is 12.8. The van der Waals surface area contributed by atoms with Crippen LogP contribution in [0.25, 0.3) is 0 Å². The van der Waals surface area contributed by atoms with E-state index in [1.807, 2.05) is 28.9 Å². The Morgan fingerprint density at radius 3 is 2.96 bits per heavy atom. The Morgan fingerprint density at radius 2 is 2.09 bits per heavy atom. The van der Waals surface area contributed by atoms with Gasteiger partial charge in [-0.15, -0.1) is 5.10 Å². The molecule has 7 nitrogen and oxygen atoms in total. The van der Waals surface area contributed by atoms with Gasteiger partial charge in [-0.2, -0.15) is 0 Å². The number of ether oxygens (including phenoxy) is 1. The molecule has 0 aliphatic carbocycles. The summed E-state index contributed by atoms with van der Waals surface area (Å²) in [6.45, 7) is 2.97. The number of rotatable bonds is 2. The van der Waals surface area contributed by atoms with Crippen molar-refractivity contribution in [2.75, 3.05) is 31.1 Å². The molecule has 23 heavy (non-hydrogen) atoms. The lowest BCUT2D eigenvalue weighted by molar-refractivity contribution is 0.0971. The standard InChI is InChI=1S/C16H19N5O2/c22-16(20-9-10-23-15-4-2-1-3-14(15)20)13-11-21(19-18-13)12-5-7-17-8-6-12/h1-4,11-12,17H,5-10H2. The van der Waals surface area contributed by atoms with Gasteiger partial charge in [0.1, 0.15) is 12.4 Å². The number of para-hydroxylation sites is 2. The Balaban J connectivity index is 1.57. The van der Waals surface area contributed by atoms with Gasteiger partial charge in [-0.25, -0.2) is 4.68 Å². The van der Waals surface area contributed by atoms with Crippen LogP contribution in [-0.2, 0) is 0 Å². The van der Waals surface area contributed by atoms with E-state index in [0.717, 1.165) is 37.4 Å². The highest BCUT2D eigenvalue weighted by atomic mass is 16.5. The van der Waals surface area contributed by atoms with Crippen molar-refractivity contribution in [2.24, 2.45) is 0 Å². The first-order valence-corrected chi connectivity index (χ1v) is 7.99. The van der Waals surface area contributed by atoms with Crippen molar-refractivity contribution >= 4 is 11.6 Å². The average molecular weight is 313 g/mol. The number of fused-ring (bicyclic) bond motifs is 1. The van der Waals surface area contributed by atoms with E-state index in [-0.39, 0.29) is 5.91 Å². The van der Waals surface area contributed by atoms with Crippen LogP contribution in [0.2, 0.25) is 0 Å². The fourth-order valence-corrected chi connectivity index (χ4v) is 3.14. The predicted molar refractivity (Wildman–Crippen MR) is 84.8 cm³/mol. The molecule has 1 fully saturated rings. The van der Waals surface area contributed by atoms with Gasteiger partial charge in [-0.3, -0.25) is 9.69 Å². The number of aromatic nitrogens is 3. The maximum absolute atomic E-state index is 12.8. The van der Waals surface area contributed by atoms with Gasteiger partial charge in [0.15, 0.2) is 5.69 Å². The van der Waals surface area contributed by atoms with Gasteiger partial charge in [0, 0.05) is 0 Å². The third-order valence-electron chi connectivity index (χ3n) is 4.39. The highest BCUT2D eigenvalue weighted by Gasteiger charge is 2.27. The summed E-state index contributed by atoms with van der Waals surface area (Å²) in [6.07, 6.45) is 3.80. The lowest BCUT2D eigenvalue weighted by Crippen LogP contribution is -2.38. The molecule has 1 aromatic heterocycles. The Kier molecular flexibility index (Phi) is 3.70. The summed E-state index contributed by atoms with van der Waals surface area (Å²) in [5.41, 5.74) is 1.18. The molecule has 1 saturated heterocycles. The van der Waals surface area contributed by atoms with E-state index in [1.54, 1.807) is 11.1 Å². The van der Waals surface area contributed by atoms with E-state index < -0.39 is 0 Å². The molecule has 3 heterocycles. The zero-order valence-electron chi connectivity index (χ0n) is 12.8. The van der Waals surface area contributed by atoms with Crippen LogP contribution < -0.4 is 15.0 Å². The molecule has 1 amide bonds. The minimum Gasteiger partial charge on any atom is -0.490 e. The highest BCUT2D eigenvalue weighted by Crippen LogP contribution is 2.31. The van der Waals surface area contributed by atoms with Crippen LogP contribution in [0, 0.1) is 0 Å². The van der Waals surface area contributed by atoms with E-state index in [1.165, 1.54) is 0 Å². The molecule has 2 aliphatic rings. The zero-order chi connectivity index (χ0) is 15.6. The molecule has 7 heteroatoms. The van der Waals surface area contributed by atoms with Gasteiger partial charge in [0.25, 0.3) is 5.91 Å². The van der Waals surface area contributed by atoms with Gasteiger partial charge in [-0.05, 0) is 38.1 Å². The smallest absolute Gasteiger partial charge is 0.280 e. The summed E-state index contributed by atoms with van der Waals surface area (Å²) in [7, 11) is 0. The maximum Gasteiger partial charge on any atom is 0.280 e. The fourth-order valence-electron chi connectivity index (χ4n) is 3.14. The number of piperidine rings is 1. The average Bonchev–Trinajstić information content (AvgIpc) is 3.11. The molecule has 0 bridgehead atoms. The largest absolute Gasteiger partial charge is 0.490 e. The molecule has 1 aromatic carbocycles. The molecule has 0 spiro atoms. The lowest BCUT2D eigenvalue weighted by Gasteiger charge is -2.28. The van der Waals surface area contributed by atoms with E-state index in [0.29, 0.717) is 24.9 Å². The SMILES string of the molecule is O=C(c1cn(C2CCNCC2)nn1)N1CCOc2ccccc21. The summed E-state index contributed by atoms with van der Waals surface area (Å²) >= 11 is 0. The van der Waals surface area contributed by atoms with Crippen LogP contribution >= 0.6 is 0 Å². The summed E-state index contributed by atoms with van der Waals surface area (Å²) in [4.78, 5) is 14.5. The number of benzene rings is 1. The second kappa shape index (κ2) is 6.00. The van der Waals surface area contributed by atoms with Gasteiger partial charge < -0.3 is 10.1 Å². The Bertz CT molecular complexity index is 708. The van der Waals surface area contributed by atoms with Crippen molar-refractivity contribution in [3.8, 4) is 5.75 Å². The van der Waals surface area contributed by atoms with Crippen molar-refractivity contribution in [1.82, 2.24) is 20.3 Å². The number of carbonyl (C=O) groups is 1. The first kappa shape index (κ1) is 14.2. The zero-order valence-corrected chi connectivity index (χ0v) is 12.8. The van der Waals surface area contributed by atoms with Gasteiger partial charge in [0.2, 0.25) is 0 Å². The predicted octanol–water partition coefficient (Wildman–Crippen LogP) is 1.24. The van der Waals surface area contributed by atoms with E-state index in [2.05, 4.69) is 15.6 Å². The van der Waals surface area contributed by atoms with Crippen LogP contribution in [0.1, 0.15) is 29.4 Å². The molecule has 120 valence electrons. The lowest BCUT2D eigenvalue weighted by atomic mass is 10.1. The van der Waals surface area contributed by atoms with Crippen molar-refractivity contribution in [3.63, 3.8) is 0 Å². The van der Waals surface area contributed by atoms with Crippen molar-refractivity contribution in [3.05, 3.63) is 36.2 Å². The number of hydrogen-bond acceptors (Lipinski definition) is 5. The van der Waals surface area contributed by atoms with E-state index >= 15 is 0 Å². The minimum absolute atomic E-state index is 0.124. The summed E-state index contributed by atoms with van der Waals surface area (Å²) < 4.78 is 7.43. The summed E-state index contributed by atoms with van der Waals surface area (Å²) in [5, 5.41) is 11.6. The Hall–Kier alpha value is -2.41. The highest BCUT2D eigenvalue weighted by molar-refractivity contribution is 6.05. The monoisotopic (exact) mass is 313 g/mol. The van der Waals surface area contributed by atoms with Crippen LogP contribution in [0.4, 0.5) is 5.69 Å². The van der Waals surface area contributed by atoms with E-state index in [4.69, 9.17) is 4.74 Å². The van der Waals surface area contributed by atoms with Gasteiger partial charge >= 0.3 is 0 Å². The second-order valence-electron chi connectivity index (χ2n) is 5.84. The summed E-state index contributed by atoms with van der Waals surface area (Å²) in [6, 6.07) is 7.90. The molecule has 1 N–H and O–H groups in total. The van der Waals surface area contributed by atoms with Crippen molar-refractivity contribution in [2.45, 2.75) is 18.9 Å². The number of amides is 1. The molecule has 2 aromatic rings. The third-order valence-corrected chi connectivity index (χ3v) is 4.39. The van der Waals surface area contributed by atoms with Crippen molar-refractivity contribution in [1.29, 1.82) is 0 Å². The normalized spacial score (nSPS) is 18.3.